The van der Waals surface area contributed by atoms with E-state index in [1.807, 2.05) is 0 Å². The SMILES string of the molecule is CCc1cc(F)cc(OS(=O)(=O)C(F)(F)F)c1. The van der Waals surface area contributed by atoms with E-state index in [0.717, 1.165) is 12.1 Å². The molecule has 0 aliphatic rings. The van der Waals surface area contributed by atoms with Crippen LogP contribution in [0.4, 0.5) is 17.6 Å². The molecule has 8 heteroatoms. The number of rotatable bonds is 3. The molecule has 0 saturated heterocycles. The summed E-state index contributed by atoms with van der Waals surface area (Å²) in [7, 11) is -5.76. The summed E-state index contributed by atoms with van der Waals surface area (Å²) < 4.78 is 74.0. The van der Waals surface area contributed by atoms with Gasteiger partial charge in [-0.15, -0.1) is 0 Å². The quantitative estimate of drug-likeness (QED) is 0.482. The Labute approximate surface area is 95.1 Å². The standard InChI is InChI=1S/C9H8F4O3S/c1-2-6-3-7(10)5-8(4-6)16-17(14,15)9(11,12)13/h3-5H,2H2,1H3. The van der Waals surface area contributed by atoms with Crippen molar-refractivity contribution in [1.29, 1.82) is 0 Å². The van der Waals surface area contributed by atoms with Gasteiger partial charge in [0.05, 0.1) is 0 Å². The zero-order valence-electron chi connectivity index (χ0n) is 8.58. The zero-order chi connectivity index (χ0) is 13.3. The summed E-state index contributed by atoms with van der Waals surface area (Å²) in [6.45, 7) is 1.64. The van der Waals surface area contributed by atoms with Gasteiger partial charge < -0.3 is 4.18 Å². The van der Waals surface area contributed by atoms with Crippen molar-refractivity contribution in [2.75, 3.05) is 0 Å². The van der Waals surface area contributed by atoms with Crippen LogP contribution in [0.2, 0.25) is 0 Å². The Morgan fingerprint density at radius 2 is 1.82 bits per heavy atom. The normalized spacial score (nSPS) is 12.5. The number of hydrogen-bond donors (Lipinski definition) is 0. The van der Waals surface area contributed by atoms with Gasteiger partial charge in [-0.3, -0.25) is 0 Å². The highest BCUT2D eigenvalue weighted by Crippen LogP contribution is 2.27. The zero-order valence-corrected chi connectivity index (χ0v) is 9.40. The number of hydrogen-bond acceptors (Lipinski definition) is 3. The number of aryl methyl sites for hydroxylation is 1. The van der Waals surface area contributed by atoms with Crippen LogP contribution in [0.5, 0.6) is 5.75 Å². The Kier molecular flexibility index (Phi) is 3.65. The summed E-state index contributed by atoms with van der Waals surface area (Å²) in [4.78, 5) is 0. The second kappa shape index (κ2) is 4.52. The predicted molar refractivity (Wildman–Crippen MR) is 51.4 cm³/mol. The van der Waals surface area contributed by atoms with Gasteiger partial charge in [-0.2, -0.15) is 21.6 Å². The summed E-state index contributed by atoms with van der Waals surface area (Å²) in [5, 5.41) is 0. The van der Waals surface area contributed by atoms with Gasteiger partial charge in [-0.25, -0.2) is 4.39 Å². The average molecular weight is 272 g/mol. The molecule has 0 aromatic heterocycles. The monoisotopic (exact) mass is 272 g/mol. The first-order chi connectivity index (χ1) is 7.65. The van der Waals surface area contributed by atoms with Gasteiger partial charge >= 0.3 is 15.6 Å². The summed E-state index contributed by atoms with van der Waals surface area (Å²) in [5.74, 6) is -1.56. The fraction of sp³-hybridized carbons (Fsp3) is 0.333. The van der Waals surface area contributed by atoms with E-state index >= 15 is 0 Å². The fourth-order valence-corrected chi connectivity index (χ4v) is 1.49. The Bertz CT molecular complexity index is 507. The molecule has 0 radical (unpaired) electrons. The fourth-order valence-electron chi connectivity index (χ4n) is 1.05. The van der Waals surface area contributed by atoms with Gasteiger partial charge in [0.1, 0.15) is 11.6 Å². The number of halogens is 4. The third-order valence-corrected chi connectivity index (χ3v) is 2.81. The summed E-state index contributed by atoms with van der Waals surface area (Å²) in [6, 6.07) is 2.68. The van der Waals surface area contributed by atoms with E-state index in [9.17, 15) is 26.0 Å². The summed E-state index contributed by atoms with van der Waals surface area (Å²) >= 11 is 0. The summed E-state index contributed by atoms with van der Waals surface area (Å²) in [6.07, 6.45) is 0.334. The molecule has 1 aromatic rings. The summed E-state index contributed by atoms with van der Waals surface area (Å²) in [5.41, 5.74) is -5.21. The molecule has 0 unspecified atom stereocenters. The maximum atomic E-state index is 12.9. The number of benzene rings is 1. The van der Waals surface area contributed by atoms with Gasteiger partial charge in [0, 0.05) is 6.07 Å². The maximum Gasteiger partial charge on any atom is 0.534 e. The minimum Gasteiger partial charge on any atom is -0.376 e. The number of alkyl halides is 3. The topological polar surface area (TPSA) is 43.4 Å². The molecule has 1 aromatic carbocycles. The molecule has 0 N–H and O–H groups in total. The minimum absolute atomic E-state index is 0.331. The van der Waals surface area contributed by atoms with Crippen LogP contribution in [0.1, 0.15) is 12.5 Å². The predicted octanol–water partition coefficient (Wildman–Crippen LogP) is 2.62. The lowest BCUT2D eigenvalue weighted by molar-refractivity contribution is -0.0500. The van der Waals surface area contributed by atoms with E-state index < -0.39 is 27.2 Å². The van der Waals surface area contributed by atoms with Gasteiger partial charge in [-0.1, -0.05) is 6.92 Å². The largest absolute Gasteiger partial charge is 0.534 e. The molecule has 17 heavy (non-hydrogen) atoms. The lowest BCUT2D eigenvalue weighted by Gasteiger charge is -2.10. The molecule has 0 amide bonds. The van der Waals surface area contributed by atoms with Gasteiger partial charge in [0.25, 0.3) is 0 Å². The lowest BCUT2D eigenvalue weighted by Crippen LogP contribution is -2.28. The van der Waals surface area contributed by atoms with E-state index in [4.69, 9.17) is 0 Å². The van der Waals surface area contributed by atoms with Crippen LogP contribution in [0.3, 0.4) is 0 Å². The molecule has 0 aliphatic heterocycles. The van der Waals surface area contributed by atoms with E-state index in [1.165, 1.54) is 0 Å². The Hall–Kier alpha value is -1.31. The van der Waals surface area contributed by atoms with Crippen molar-refractivity contribution in [3.8, 4) is 5.75 Å². The van der Waals surface area contributed by atoms with E-state index in [2.05, 4.69) is 4.18 Å². The molecular weight excluding hydrogens is 264 g/mol. The molecule has 96 valence electrons. The van der Waals surface area contributed by atoms with Crippen molar-refractivity contribution >= 4 is 10.1 Å². The van der Waals surface area contributed by atoms with E-state index in [0.29, 0.717) is 18.1 Å². The first-order valence-corrected chi connectivity index (χ1v) is 5.87. The lowest BCUT2D eigenvalue weighted by atomic mass is 10.1. The van der Waals surface area contributed by atoms with Crippen molar-refractivity contribution in [2.24, 2.45) is 0 Å². The van der Waals surface area contributed by atoms with Crippen molar-refractivity contribution in [3.05, 3.63) is 29.6 Å². The Balaban J connectivity index is 3.08. The van der Waals surface area contributed by atoms with Crippen LogP contribution in [0.25, 0.3) is 0 Å². The highest BCUT2D eigenvalue weighted by Gasteiger charge is 2.48. The highest BCUT2D eigenvalue weighted by atomic mass is 32.2. The Morgan fingerprint density at radius 1 is 1.24 bits per heavy atom. The molecule has 1 rings (SSSR count). The highest BCUT2D eigenvalue weighted by molar-refractivity contribution is 7.87. The third-order valence-electron chi connectivity index (χ3n) is 1.83. The minimum atomic E-state index is -5.76. The molecule has 0 saturated carbocycles. The molecule has 0 atom stereocenters. The van der Waals surface area contributed by atoms with Crippen molar-refractivity contribution in [1.82, 2.24) is 0 Å². The second-order valence-corrected chi connectivity index (χ2v) is 4.67. The van der Waals surface area contributed by atoms with Crippen LogP contribution < -0.4 is 4.18 Å². The third kappa shape index (κ3) is 3.32. The molecule has 3 nitrogen and oxygen atoms in total. The molecule has 0 bridgehead atoms. The van der Waals surface area contributed by atoms with Crippen molar-refractivity contribution in [2.45, 2.75) is 18.9 Å². The van der Waals surface area contributed by atoms with Gasteiger partial charge in [0.2, 0.25) is 0 Å². The van der Waals surface area contributed by atoms with Gasteiger partial charge in [0.15, 0.2) is 0 Å². The average Bonchev–Trinajstić information content (AvgIpc) is 2.14. The van der Waals surface area contributed by atoms with Crippen LogP contribution in [0, 0.1) is 5.82 Å². The molecule has 0 heterocycles. The van der Waals surface area contributed by atoms with Crippen molar-refractivity contribution < 1.29 is 30.2 Å². The Morgan fingerprint density at radius 3 is 2.29 bits per heavy atom. The molecule has 0 fully saturated rings. The smallest absolute Gasteiger partial charge is 0.376 e. The van der Waals surface area contributed by atoms with Crippen LogP contribution in [-0.2, 0) is 16.5 Å². The maximum absolute atomic E-state index is 12.9. The molecule has 0 spiro atoms. The van der Waals surface area contributed by atoms with E-state index in [1.54, 1.807) is 6.92 Å². The first-order valence-electron chi connectivity index (χ1n) is 4.46. The van der Waals surface area contributed by atoms with Gasteiger partial charge in [-0.05, 0) is 24.1 Å². The van der Waals surface area contributed by atoms with Crippen molar-refractivity contribution in [3.63, 3.8) is 0 Å². The second-order valence-electron chi connectivity index (χ2n) is 3.13. The first kappa shape index (κ1) is 13.8. The van der Waals surface area contributed by atoms with Crippen LogP contribution in [0.15, 0.2) is 18.2 Å². The van der Waals surface area contributed by atoms with E-state index in [-0.39, 0.29) is 0 Å². The molecular formula is C9H8F4O3S. The van der Waals surface area contributed by atoms with Crippen LogP contribution >= 0.6 is 0 Å². The molecule has 0 aliphatic carbocycles. The van der Waals surface area contributed by atoms with Crippen LogP contribution in [-0.4, -0.2) is 13.9 Å².